The molecule has 0 aromatic heterocycles. The first kappa shape index (κ1) is 19.0. The van der Waals surface area contributed by atoms with Crippen LogP contribution in [-0.4, -0.2) is 41.5 Å². The maximum Gasteiger partial charge on any atom is 0.311 e. The molecule has 0 aliphatic carbocycles. The predicted octanol–water partition coefficient (Wildman–Crippen LogP) is 3.65. The number of aliphatic carboxylic acids is 1. The van der Waals surface area contributed by atoms with E-state index >= 15 is 0 Å². The van der Waals surface area contributed by atoms with Gasteiger partial charge in [-0.3, -0.25) is 9.59 Å². The van der Waals surface area contributed by atoms with E-state index in [9.17, 15) is 14.7 Å². The van der Waals surface area contributed by atoms with Crippen LogP contribution in [0.1, 0.15) is 36.2 Å². The minimum atomic E-state index is -0.843. The quantitative estimate of drug-likeness (QED) is 0.848. The van der Waals surface area contributed by atoms with Crippen LogP contribution in [0.4, 0.5) is 5.69 Å². The van der Waals surface area contributed by atoms with Crippen molar-refractivity contribution in [2.24, 2.45) is 5.41 Å². The minimum Gasteiger partial charge on any atom is -0.481 e. The van der Waals surface area contributed by atoms with Gasteiger partial charge in [-0.15, -0.1) is 0 Å². The van der Waals surface area contributed by atoms with Gasteiger partial charge in [-0.1, -0.05) is 30.3 Å². The number of hydrogen-bond acceptors (Lipinski definition) is 3. The Hall–Kier alpha value is -2.82. The van der Waals surface area contributed by atoms with E-state index in [0.717, 1.165) is 18.8 Å². The zero-order valence-corrected chi connectivity index (χ0v) is 15.9. The van der Waals surface area contributed by atoms with Crippen LogP contribution < -0.4 is 4.90 Å². The molecule has 1 aliphatic rings. The second kappa shape index (κ2) is 7.82. The number of likely N-dealkylation sites (tertiary alicyclic amines) is 1. The minimum absolute atomic E-state index is 0.0994. The van der Waals surface area contributed by atoms with Crippen LogP contribution in [0, 0.1) is 5.41 Å². The normalized spacial score (nSPS) is 19.1. The largest absolute Gasteiger partial charge is 0.481 e. The predicted molar refractivity (Wildman–Crippen MR) is 106 cm³/mol. The molecule has 2 aromatic carbocycles. The number of anilines is 1. The molecule has 5 nitrogen and oxygen atoms in total. The van der Waals surface area contributed by atoms with Crippen molar-refractivity contribution in [1.29, 1.82) is 0 Å². The van der Waals surface area contributed by atoms with Gasteiger partial charge in [0.1, 0.15) is 0 Å². The Labute approximate surface area is 160 Å². The van der Waals surface area contributed by atoms with E-state index < -0.39 is 11.4 Å². The fraction of sp³-hybridized carbons (Fsp3) is 0.364. The Bertz CT molecular complexity index is 804. The highest BCUT2D eigenvalue weighted by Crippen LogP contribution is 2.31. The number of rotatable bonds is 6. The third-order valence-corrected chi connectivity index (χ3v) is 5.35. The Morgan fingerprint density at radius 1 is 1.11 bits per heavy atom. The first-order valence-corrected chi connectivity index (χ1v) is 9.34. The lowest BCUT2D eigenvalue weighted by molar-refractivity contribution is -0.147. The number of carbonyl (C=O) groups excluding carboxylic acids is 1. The molecule has 1 unspecified atom stereocenters. The smallest absolute Gasteiger partial charge is 0.311 e. The Balaban J connectivity index is 1.69. The maximum atomic E-state index is 12.7. The fourth-order valence-electron chi connectivity index (χ4n) is 3.50. The fourth-order valence-corrected chi connectivity index (χ4v) is 3.50. The molecule has 3 rings (SSSR count). The molecule has 1 atom stereocenters. The van der Waals surface area contributed by atoms with E-state index in [0.29, 0.717) is 18.5 Å². The summed E-state index contributed by atoms with van der Waals surface area (Å²) in [4.78, 5) is 28.0. The summed E-state index contributed by atoms with van der Waals surface area (Å²) in [6, 6.07) is 17.9. The summed E-state index contributed by atoms with van der Waals surface area (Å²) in [6.07, 6.45) is 0.493. The number of carbonyl (C=O) groups is 2. The van der Waals surface area contributed by atoms with Gasteiger partial charge >= 0.3 is 5.97 Å². The van der Waals surface area contributed by atoms with E-state index in [2.05, 4.69) is 24.0 Å². The first-order valence-electron chi connectivity index (χ1n) is 9.34. The summed E-state index contributed by atoms with van der Waals surface area (Å²) in [5.41, 5.74) is 2.06. The van der Waals surface area contributed by atoms with Crippen molar-refractivity contribution in [3.63, 3.8) is 0 Å². The van der Waals surface area contributed by atoms with Crippen molar-refractivity contribution in [2.75, 3.05) is 24.5 Å². The molecule has 1 N–H and O–H groups in total. The Morgan fingerprint density at radius 3 is 2.33 bits per heavy atom. The van der Waals surface area contributed by atoms with Crippen molar-refractivity contribution in [2.45, 2.75) is 26.8 Å². The van der Waals surface area contributed by atoms with E-state index in [1.807, 2.05) is 42.5 Å². The molecule has 0 bridgehead atoms. The summed E-state index contributed by atoms with van der Waals surface area (Å²) >= 11 is 0. The third-order valence-electron chi connectivity index (χ3n) is 5.35. The van der Waals surface area contributed by atoms with Crippen molar-refractivity contribution in [1.82, 2.24) is 4.90 Å². The van der Waals surface area contributed by atoms with E-state index in [1.165, 1.54) is 5.56 Å². The van der Waals surface area contributed by atoms with E-state index in [4.69, 9.17) is 0 Å². The molecule has 142 valence electrons. The summed E-state index contributed by atoms with van der Waals surface area (Å²) in [7, 11) is 0. The highest BCUT2D eigenvalue weighted by molar-refractivity contribution is 5.95. The molecular formula is C22H26N2O3. The third kappa shape index (κ3) is 4.13. The van der Waals surface area contributed by atoms with Gasteiger partial charge in [0.05, 0.1) is 5.41 Å². The zero-order valence-electron chi connectivity index (χ0n) is 15.9. The molecule has 1 heterocycles. The van der Waals surface area contributed by atoms with Crippen LogP contribution in [-0.2, 0) is 11.3 Å². The van der Waals surface area contributed by atoms with E-state index in [-0.39, 0.29) is 12.5 Å². The van der Waals surface area contributed by atoms with Gasteiger partial charge in [0, 0.05) is 37.4 Å². The lowest BCUT2D eigenvalue weighted by Crippen LogP contribution is -2.34. The summed E-state index contributed by atoms with van der Waals surface area (Å²) in [6.45, 7) is 6.24. The Kier molecular flexibility index (Phi) is 5.49. The Morgan fingerprint density at radius 2 is 1.78 bits per heavy atom. The average Bonchev–Trinajstić information content (AvgIpc) is 3.10. The van der Waals surface area contributed by atoms with Gasteiger partial charge in [0.25, 0.3) is 5.91 Å². The van der Waals surface area contributed by atoms with Gasteiger partial charge < -0.3 is 14.9 Å². The lowest BCUT2D eigenvalue weighted by Gasteiger charge is -2.24. The summed E-state index contributed by atoms with van der Waals surface area (Å²) in [5, 5.41) is 9.34. The van der Waals surface area contributed by atoms with Crippen molar-refractivity contribution < 1.29 is 14.7 Å². The molecule has 27 heavy (non-hydrogen) atoms. The molecular weight excluding hydrogens is 340 g/mol. The van der Waals surface area contributed by atoms with Gasteiger partial charge in [-0.25, -0.2) is 0 Å². The van der Waals surface area contributed by atoms with Crippen LogP contribution in [0.3, 0.4) is 0 Å². The van der Waals surface area contributed by atoms with Crippen LogP contribution in [0.2, 0.25) is 0 Å². The standard InChI is InChI=1S/C22H26N2O3/c1-3-23(15-17-7-5-4-6-8-17)19-11-9-18(10-12-19)20(25)24-14-13-22(2,16-24)21(26)27/h4-12H,3,13-16H2,1-2H3,(H,26,27). The second-order valence-corrected chi connectivity index (χ2v) is 7.39. The summed E-state index contributed by atoms with van der Waals surface area (Å²) in [5.74, 6) is -0.940. The number of carboxylic acid groups (broad SMARTS) is 1. The molecule has 1 fully saturated rings. The van der Waals surface area contributed by atoms with Gasteiger partial charge in [0.15, 0.2) is 0 Å². The highest BCUT2D eigenvalue weighted by Gasteiger charge is 2.42. The van der Waals surface area contributed by atoms with Crippen LogP contribution in [0.25, 0.3) is 0 Å². The lowest BCUT2D eigenvalue weighted by atomic mass is 9.90. The van der Waals surface area contributed by atoms with Crippen molar-refractivity contribution in [3.05, 3.63) is 65.7 Å². The van der Waals surface area contributed by atoms with Crippen LogP contribution in [0.15, 0.2) is 54.6 Å². The van der Waals surface area contributed by atoms with Gasteiger partial charge in [0.2, 0.25) is 0 Å². The molecule has 1 saturated heterocycles. The van der Waals surface area contributed by atoms with Crippen molar-refractivity contribution >= 4 is 17.6 Å². The molecule has 0 spiro atoms. The number of carboxylic acids is 1. The molecule has 0 saturated carbocycles. The number of amides is 1. The van der Waals surface area contributed by atoms with Crippen molar-refractivity contribution in [3.8, 4) is 0 Å². The highest BCUT2D eigenvalue weighted by atomic mass is 16.4. The molecule has 5 heteroatoms. The van der Waals surface area contributed by atoms with Crippen LogP contribution >= 0.6 is 0 Å². The number of nitrogens with zero attached hydrogens (tertiary/aromatic N) is 2. The van der Waals surface area contributed by atoms with Crippen LogP contribution in [0.5, 0.6) is 0 Å². The molecule has 0 radical (unpaired) electrons. The molecule has 2 aromatic rings. The zero-order chi connectivity index (χ0) is 19.4. The average molecular weight is 366 g/mol. The summed E-state index contributed by atoms with van der Waals surface area (Å²) < 4.78 is 0. The second-order valence-electron chi connectivity index (χ2n) is 7.39. The number of benzene rings is 2. The molecule has 1 aliphatic heterocycles. The maximum absolute atomic E-state index is 12.7. The first-order chi connectivity index (χ1) is 12.9. The topological polar surface area (TPSA) is 60.9 Å². The monoisotopic (exact) mass is 366 g/mol. The van der Waals surface area contributed by atoms with E-state index in [1.54, 1.807) is 11.8 Å². The number of hydrogen-bond donors (Lipinski definition) is 1. The van der Waals surface area contributed by atoms with Gasteiger partial charge in [-0.05, 0) is 50.1 Å². The molecule has 1 amide bonds. The van der Waals surface area contributed by atoms with Gasteiger partial charge in [-0.2, -0.15) is 0 Å². The SMILES string of the molecule is CCN(Cc1ccccc1)c1ccc(C(=O)N2CCC(C)(C(=O)O)C2)cc1.